The first-order chi connectivity index (χ1) is 13.0. The van der Waals surface area contributed by atoms with Crippen molar-refractivity contribution in [2.45, 2.75) is 18.0 Å². The van der Waals surface area contributed by atoms with Crippen molar-refractivity contribution in [3.63, 3.8) is 0 Å². The second-order valence-corrected chi connectivity index (χ2v) is 7.22. The Hall–Kier alpha value is -2.67. The van der Waals surface area contributed by atoms with Crippen LogP contribution in [0.5, 0.6) is 0 Å². The zero-order chi connectivity index (χ0) is 19.2. The van der Waals surface area contributed by atoms with Gasteiger partial charge in [0.1, 0.15) is 5.82 Å². The molecule has 0 aliphatic carbocycles. The molecule has 1 N–H and O–H groups in total. The monoisotopic (exact) mass is 384 g/mol. The summed E-state index contributed by atoms with van der Waals surface area (Å²) in [5.74, 6) is 0.804. The quantitative estimate of drug-likeness (QED) is 0.632. The van der Waals surface area contributed by atoms with Crippen molar-refractivity contribution >= 4 is 17.7 Å². The minimum atomic E-state index is -0.295. The Bertz CT molecular complexity index is 896. The second-order valence-electron chi connectivity index (χ2n) is 6.28. The van der Waals surface area contributed by atoms with Gasteiger partial charge in [-0.1, -0.05) is 49.0 Å². The van der Waals surface area contributed by atoms with Crippen molar-refractivity contribution in [3.8, 4) is 11.4 Å². The zero-order valence-corrected chi connectivity index (χ0v) is 16.0. The van der Waals surface area contributed by atoms with Crippen LogP contribution in [0.1, 0.15) is 18.4 Å². The molecule has 140 valence electrons. The van der Waals surface area contributed by atoms with Crippen LogP contribution in [0, 0.1) is 5.82 Å². The number of carbonyl (C=O) groups excluding carboxylic acids is 1. The van der Waals surface area contributed by atoms with Crippen molar-refractivity contribution in [2.24, 2.45) is 7.05 Å². The van der Waals surface area contributed by atoms with Crippen LogP contribution in [-0.4, -0.2) is 33.0 Å². The molecule has 0 spiro atoms. The predicted octanol–water partition coefficient (Wildman–Crippen LogP) is 3.63. The number of thioether (sulfide) groups is 1. The van der Waals surface area contributed by atoms with E-state index in [-0.39, 0.29) is 23.4 Å². The number of benzene rings is 2. The number of rotatable bonds is 7. The lowest BCUT2D eigenvalue weighted by Gasteiger charge is -2.12. The van der Waals surface area contributed by atoms with Crippen LogP contribution in [-0.2, 0) is 11.8 Å². The number of nitrogens with one attached hydrogen (secondary N) is 1. The molecule has 1 aromatic heterocycles. The van der Waals surface area contributed by atoms with Crippen LogP contribution in [0.2, 0.25) is 0 Å². The van der Waals surface area contributed by atoms with E-state index in [0.717, 1.165) is 5.56 Å². The van der Waals surface area contributed by atoms with Crippen LogP contribution < -0.4 is 5.32 Å². The van der Waals surface area contributed by atoms with Crippen LogP contribution in [0.4, 0.5) is 4.39 Å². The van der Waals surface area contributed by atoms with Crippen LogP contribution >= 0.6 is 11.8 Å². The third kappa shape index (κ3) is 4.95. The molecular formula is C20H21FN4OS. The van der Waals surface area contributed by atoms with E-state index in [9.17, 15) is 9.18 Å². The smallest absolute Gasteiger partial charge is 0.230 e. The molecule has 0 aliphatic rings. The number of hydrogen-bond donors (Lipinski definition) is 1. The highest BCUT2D eigenvalue weighted by Gasteiger charge is 2.13. The molecule has 0 aliphatic heterocycles. The van der Waals surface area contributed by atoms with E-state index in [2.05, 4.69) is 34.6 Å². The first-order valence-electron chi connectivity index (χ1n) is 8.64. The van der Waals surface area contributed by atoms with Crippen molar-refractivity contribution in [3.05, 3.63) is 66.0 Å². The Morgan fingerprint density at radius 1 is 1.15 bits per heavy atom. The zero-order valence-electron chi connectivity index (χ0n) is 15.2. The van der Waals surface area contributed by atoms with Gasteiger partial charge in [-0.3, -0.25) is 4.79 Å². The van der Waals surface area contributed by atoms with E-state index in [4.69, 9.17) is 0 Å². The lowest BCUT2D eigenvalue weighted by Crippen LogP contribution is -2.29. The maximum atomic E-state index is 13.1. The maximum absolute atomic E-state index is 13.1. The number of hydrogen-bond acceptors (Lipinski definition) is 4. The van der Waals surface area contributed by atoms with Gasteiger partial charge in [0.2, 0.25) is 5.91 Å². The average Bonchev–Trinajstić information content (AvgIpc) is 3.06. The van der Waals surface area contributed by atoms with E-state index >= 15 is 0 Å². The van der Waals surface area contributed by atoms with E-state index in [1.807, 2.05) is 25.2 Å². The van der Waals surface area contributed by atoms with Gasteiger partial charge in [0.05, 0.1) is 5.75 Å². The highest BCUT2D eigenvalue weighted by molar-refractivity contribution is 7.99. The number of aromatic nitrogens is 3. The fraction of sp³-hybridized carbons (Fsp3) is 0.250. The van der Waals surface area contributed by atoms with Crippen LogP contribution in [0.3, 0.4) is 0 Å². The second kappa shape index (κ2) is 8.81. The molecule has 1 heterocycles. The Balaban J connectivity index is 1.53. The van der Waals surface area contributed by atoms with E-state index in [1.165, 1.54) is 29.5 Å². The summed E-state index contributed by atoms with van der Waals surface area (Å²) in [6.07, 6.45) is 0. The molecule has 0 unspecified atom stereocenters. The number of nitrogens with zero attached hydrogens (tertiary/aromatic N) is 3. The van der Waals surface area contributed by atoms with E-state index < -0.39 is 0 Å². The first kappa shape index (κ1) is 19.1. The molecule has 1 atom stereocenters. The molecule has 0 bridgehead atoms. The van der Waals surface area contributed by atoms with Crippen molar-refractivity contribution in [2.75, 3.05) is 12.3 Å². The molecular weight excluding hydrogens is 363 g/mol. The minimum absolute atomic E-state index is 0.0471. The summed E-state index contributed by atoms with van der Waals surface area (Å²) in [4.78, 5) is 12.1. The maximum Gasteiger partial charge on any atom is 0.230 e. The standard InChI is InChI=1S/C20H21FN4OS/c1-14(15-6-4-3-5-7-15)12-22-18(26)13-27-20-24-23-19(25(20)2)16-8-10-17(21)11-9-16/h3-11,14H,12-13H2,1-2H3,(H,22,26)/t14-/m1/s1. The molecule has 7 heteroatoms. The van der Waals surface area contributed by atoms with Gasteiger partial charge in [-0.15, -0.1) is 10.2 Å². The summed E-state index contributed by atoms with van der Waals surface area (Å²) < 4.78 is 14.9. The van der Waals surface area contributed by atoms with Crippen molar-refractivity contribution in [1.82, 2.24) is 20.1 Å². The fourth-order valence-corrected chi connectivity index (χ4v) is 3.38. The molecule has 0 radical (unpaired) electrons. The highest BCUT2D eigenvalue weighted by atomic mass is 32.2. The van der Waals surface area contributed by atoms with Gasteiger partial charge in [0, 0.05) is 19.2 Å². The number of carbonyl (C=O) groups is 1. The molecule has 3 aromatic rings. The van der Waals surface area contributed by atoms with Gasteiger partial charge >= 0.3 is 0 Å². The minimum Gasteiger partial charge on any atom is -0.355 e. The Morgan fingerprint density at radius 3 is 2.56 bits per heavy atom. The molecule has 0 saturated carbocycles. The van der Waals surface area contributed by atoms with Gasteiger partial charge in [0.15, 0.2) is 11.0 Å². The molecule has 3 rings (SSSR count). The predicted molar refractivity (Wildman–Crippen MR) is 105 cm³/mol. The topological polar surface area (TPSA) is 59.8 Å². The molecule has 2 aromatic carbocycles. The SMILES string of the molecule is C[C@H](CNC(=O)CSc1nnc(-c2ccc(F)cc2)n1C)c1ccccc1. The molecule has 1 amide bonds. The number of amides is 1. The fourth-order valence-electron chi connectivity index (χ4n) is 2.64. The molecule has 27 heavy (non-hydrogen) atoms. The van der Waals surface area contributed by atoms with Gasteiger partial charge in [-0.2, -0.15) is 0 Å². The lowest BCUT2D eigenvalue weighted by atomic mass is 10.0. The third-order valence-corrected chi connectivity index (χ3v) is 5.26. The summed E-state index contributed by atoms with van der Waals surface area (Å²) >= 11 is 1.32. The largest absolute Gasteiger partial charge is 0.355 e. The van der Waals surface area contributed by atoms with Gasteiger partial charge in [0.25, 0.3) is 0 Å². The van der Waals surface area contributed by atoms with Crippen LogP contribution in [0.15, 0.2) is 59.8 Å². The van der Waals surface area contributed by atoms with Gasteiger partial charge in [-0.05, 0) is 35.7 Å². The van der Waals surface area contributed by atoms with Gasteiger partial charge in [-0.25, -0.2) is 4.39 Å². The van der Waals surface area contributed by atoms with Crippen molar-refractivity contribution in [1.29, 1.82) is 0 Å². The summed E-state index contributed by atoms with van der Waals surface area (Å²) in [6.45, 7) is 2.67. The molecule has 5 nitrogen and oxygen atoms in total. The third-order valence-electron chi connectivity index (χ3n) is 4.24. The summed E-state index contributed by atoms with van der Waals surface area (Å²) in [7, 11) is 1.83. The summed E-state index contributed by atoms with van der Waals surface area (Å²) in [6, 6.07) is 16.2. The lowest BCUT2D eigenvalue weighted by molar-refractivity contribution is -0.118. The average molecular weight is 384 g/mol. The Labute approximate surface area is 162 Å². The van der Waals surface area contributed by atoms with Crippen molar-refractivity contribution < 1.29 is 9.18 Å². The number of halogens is 1. The molecule has 0 fully saturated rings. The summed E-state index contributed by atoms with van der Waals surface area (Å²) in [5.41, 5.74) is 1.97. The van der Waals surface area contributed by atoms with Gasteiger partial charge < -0.3 is 9.88 Å². The first-order valence-corrected chi connectivity index (χ1v) is 9.63. The summed E-state index contributed by atoms with van der Waals surface area (Å²) in [5, 5.41) is 11.9. The van der Waals surface area contributed by atoms with E-state index in [1.54, 1.807) is 16.7 Å². The highest BCUT2D eigenvalue weighted by Crippen LogP contribution is 2.22. The Morgan fingerprint density at radius 2 is 1.85 bits per heavy atom. The Kier molecular flexibility index (Phi) is 6.24. The van der Waals surface area contributed by atoms with E-state index in [0.29, 0.717) is 17.5 Å². The van der Waals surface area contributed by atoms with Crippen LogP contribution in [0.25, 0.3) is 11.4 Å². The molecule has 0 saturated heterocycles. The normalized spacial score (nSPS) is 12.0.